The van der Waals surface area contributed by atoms with Crippen LogP contribution < -0.4 is 0 Å². The molecule has 0 saturated carbocycles. The highest BCUT2D eigenvalue weighted by Crippen LogP contribution is 2.15. The largest absolute Gasteiger partial charge is 0.254 e. The van der Waals surface area contributed by atoms with Crippen molar-refractivity contribution in [2.24, 2.45) is 0 Å². The third-order valence-electron chi connectivity index (χ3n) is 4.97. The molecular formula is C22H40N2. The van der Waals surface area contributed by atoms with Gasteiger partial charge in [0.1, 0.15) is 0 Å². The van der Waals surface area contributed by atoms with Crippen molar-refractivity contribution in [2.45, 2.75) is 118 Å². The molecule has 1 aromatic rings. The van der Waals surface area contributed by atoms with Crippen LogP contribution >= 0.6 is 0 Å². The first-order chi connectivity index (χ1) is 11.7. The van der Waals surface area contributed by atoms with Crippen LogP contribution in [0.5, 0.6) is 0 Å². The molecule has 0 aromatic carbocycles. The van der Waals surface area contributed by atoms with E-state index in [-0.39, 0.29) is 0 Å². The standard InChI is InChI=1S/C22H40N2/c1-5-7-9-11-13-15-17-21-19(3)24-22(20(4)23-21)18-16-14-12-10-8-6-2/h5-18H2,1-4H3. The molecular weight excluding hydrogens is 292 g/mol. The summed E-state index contributed by atoms with van der Waals surface area (Å²) < 4.78 is 0. The summed E-state index contributed by atoms with van der Waals surface area (Å²) in [5, 5.41) is 0. The van der Waals surface area contributed by atoms with E-state index in [2.05, 4.69) is 27.7 Å². The quantitative estimate of drug-likeness (QED) is 0.346. The molecule has 0 saturated heterocycles. The number of nitrogens with zero attached hydrogens (tertiary/aromatic N) is 2. The SMILES string of the molecule is CCCCCCCCc1nc(C)c(CCCCCCCC)nc1C. The second-order valence-electron chi connectivity index (χ2n) is 7.32. The Morgan fingerprint density at radius 3 is 1.21 bits per heavy atom. The summed E-state index contributed by atoms with van der Waals surface area (Å²) in [6.07, 6.45) is 18.3. The summed E-state index contributed by atoms with van der Waals surface area (Å²) in [6.45, 7) is 8.83. The molecule has 1 aromatic heterocycles. The molecule has 0 spiro atoms. The molecule has 138 valence electrons. The molecule has 0 amide bonds. The van der Waals surface area contributed by atoms with Crippen molar-refractivity contribution in [1.82, 2.24) is 9.97 Å². The predicted molar refractivity (Wildman–Crippen MR) is 106 cm³/mol. The van der Waals surface area contributed by atoms with Crippen LogP contribution in [0.2, 0.25) is 0 Å². The number of rotatable bonds is 14. The molecule has 0 N–H and O–H groups in total. The van der Waals surface area contributed by atoms with Gasteiger partial charge in [-0.3, -0.25) is 9.97 Å². The Labute approximate surface area is 150 Å². The van der Waals surface area contributed by atoms with Gasteiger partial charge >= 0.3 is 0 Å². The number of hydrogen-bond donors (Lipinski definition) is 0. The van der Waals surface area contributed by atoms with E-state index in [1.807, 2.05) is 0 Å². The van der Waals surface area contributed by atoms with E-state index in [0.29, 0.717) is 0 Å². The number of aryl methyl sites for hydroxylation is 4. The Hall–Kier alpha value is -0.920. The van der Waals surface area contributed by atoms with Crippen molar-refractivity contribution in [3.63, 3.8) is 0 Å². The summed E-state index contributed by atoms with van der Waals surface area (Å²) >= 11 is 0. The maximum atomic E-state index is 4.87. The fourth-order valence-corrected chi connectivity index (χ4v) is 3.31. The van der Waals surface area contributed by atoms with Crippen molar-refractivity contribution >= 4 is 0 Å². The first-order valence-corrected chi connectivity index (χ1v) is 10.5. The fourth-order valence-electron chi connectivity index (χ4n) is 3.31. The molecule has 0 radical (unpaired) electrons. The Kier molecular flexibility index (Phi) is 11.8. The molecule has 2 nitrogen and oxygen atoms in total. The molecule has 0 atom stereocenters. The van der Waals surface area contributed by atoms with Gasteiger partial charge in [0.15, 0.2) is 0 Å². The Balaban J connectivity index is 2.33. The monoisotopic (exact) mass is 332 g/mol. The summed E-state index contributed by atoms with van der Waals surface area (Å²) in [6, 6.07) is 0. The summed E-state index contributed by atoms with van der Waals surface area (Å²) in [7, 11) is 0. The Morgan fingerprint density at radius 2 is 0.833 bits per heavy atom. The highest BCUT2D eigenvalue weighted by molar-refractivity contribution is 5.19. The number of unbranched alkanes of at least 4 members (excludes halogenated alkanes) is 10. The minimum Gasteiger partial charge on any atom is -0.254 e. The van der Waals surface area contributed by atoms with E-state index in [0.717, 1.165) is 24.2 Å². The maximum Gasteiger partial charge on any atom is 0.0619 e. The zero-order chi connectivity index (χ0) is 17.6. The van der Waals surface area contributed by atoms with Crippen LogP contribution in [0.4, 0.5) is 0 Å². The van der Waals surface area contributed by atoms with Crippen LogP contribution in [0, 0.1) is 13.8 Å². The first-order valence-electron chi connectivity index (χ1n) is 10.5. The lowest BCUT2D eigenvalue weighted by molar-refractivity contribution is 0.597. The third kappa shape index (κ3) is 8.80. The molecule has 2 heteroatoms. The minimum atomic E-state index is 1.10. The van der Waals surface area contributed by atoms with Crippen LogP contribution in [0.1, 0.15) is 114 Å². The molecule has 0 aliphatic carbocycles. The molecule has 24 heavy (non-hydrogen) atoms. The van der Waals surface area contributed by atoms with Crippen molar-refractivity contribution in [1.29, 1.82) is 0 Å². The number of hydrogen-bond acceptors (Lipinski definition) is 2. The average molecular weight is 333 g/mol. The lowest BCUT2D eigenvalue weighted by Crippen LogP contribution is -2.06. The smallest absolute Gasteiger partial charge is 0.0619 e. The van der Waals surface area contributed by atoms with Gasteiger partial charge in [-0.1, -0.05) is 78.1 Å². The lowest BCUT2D eigenvalue weighted by Gasteiger charge is -2.10. The van der Waals surface area contributed by atoms with Crippen LogP contribution in [-0.4, -0.2) is 9.97 Å². The second kappa shape index (κ2) is 13.4. The third-order valence-corrected chi connectivity index (χ3v) is 4.97. The summed E-state index contributed by atoms with van der Waals surface area (Å²) in [5.41, 5.74) is 4.79. The van der Waals surface area contributed by atoms with E-state index in [9.17, 15) is 0 Å². The van der Waals surface area contributed by atoms with Crippen molar-refractivity contribution in [3.05, 3.63) is 22.8 Å². The predicted octanol–water partition coefficient (Wildman–Crippen LogP) is 6.90. The van der Waals surface area contributed by atoms with E-state index in [1.54, 1.807) is 0 Å². The normalized spacial score (nSPS) is 11.2. The van der Waals surface area contributed by atoms with E-state index < -0.39 is 0 Å². The lowest BCUT2D eigenvalue weighted by atomic mass is 10.1. The van der Waals surface area contributed by atoms with Gasteiger partial charge in [-0.05, 0) is 39.5 Å². The molecule has 0 aliphatic heterocycles. The molecule has 0 fully saturated rings. The highest BCUT2D eigenvalue weighted by atomic mass is 14.8. The average Bonchev–Trinajstić information content (AvgIpc) is 2.57. The zero-order valence-electron chi connectivity index (χ0n) is 16.8. The van der Waals surface area contributed by atoms with E-state index in [1.165, 1.54) is 88.4 Å². The number of aromatic nitrogens is 2. The maximum absolute atomic E-state index is 4.87. The Bertz CT molecular complexity index is 398. The highest BCUT2D eigenvalue weighted by Gasteiger charge is 2.08. The van der Waals surface area contributed by atoms with Gasteiger partial charge in [-0.15, -0.1) is 0 Å². The van der Waals surface area contributed by atoms with Gasteiger partial charge in [0.25, 0.3) is 0 Å². The van der Waals surface area contributed by atoms with Gasteiger partial charge in [-0.2, -0.15) is 0 Å². The van der Waals surface area contributed by atoms with Crippen molar-refractivity contribution in [2.75, 3.05) is 0 Å². The molecule has 0 unspecified atom stereocenters. The zero-order valence-corrected chi connectivity index (χ0v) is 16.8. The van der Waals surface area contributed by atoms with Crippen LogP contribution in [-0.2, 0) is 12.8 Å². The Morgan fingerprint density at radius 1 is 0.500 bits per heavy atom. The summed E-state index contributed by atoms with van der Waals surface area (Å²) in [4.78, 5) is 9.74. The van der Waals surface area contributed by atoms with Gasteiger partial charge in [0, 0.05) is 0 Å². The summed E-state index contributed by atoms with van der Waals surface area (Å²) in [5.74, 6) is 0. The molecule has 1 rings (SSSR count). The van der Waals surface area contributed by atoms with E-state index >= 15 is 0 Å². The topological polar surface area (TPSA) is 25.8 Å². The van der Waals surface area contributed by atoms with Gasteiger partial charge in [-0.25, -0.2) is 0 Å². The van der Waals surface area contributed by atoms with Gasteiger partial charge in [0.05, 0.1) is 22.8 Å². The van der Waals surface area contributed by atoms with E-state index in [4.69, 9.17) is 9.97 Å². The van der Waals surface area contributed by atoms with Crippen molar-refractivity contribution in [3.8, 4) is 0 Å². The molecule has 0 bridgehead atoms. The van der Waals surface area contributed by atoms with Crippen LogP contribution in [0.25, 0.3) is 0 Å². The fraction of sp³-hybridized carbons (Fsp3) is 0.818. The minimum absolute atomic E-state index is 1.10. The van der Waals surface area contributed by atoms with Gasteiger partial charge in [0.2, 0.25) is 0 Å². The van der Waals surface area contributed by atoms with Gasteiger partial charge < -0.3 is 0 Å². The van der Waals surface area contributed by atoms with Crippen LogP contribution in [0.3, 0.4) is 0 Å². The molecule has 0 aliphatic rings. The second-order valence-corrected chi connectivity index (χ2v) is 7.32. The first kappa shape index (κ1) is 21.1. The van der Waals surface area contributed by atoms with Crippen molar-refractivity contribution < 1.29 is 0 Å². The molecule has 1 heterocycles. The van der Waals surface area contributed by atoms with Crippen LogP contribution in [0.15, 0.2) is 0 Å².